The Labute approximate surface area is 180 Å². The van der Waals surface area contributed by atoms with Crippen LogP contribution in [-0.4, -0.2) is 13.4 Å². The molecule has 0 atom stereocenters. The zero-order valence-corrected chi connectivity index (χ0v) is 17.7. The number of hydrogen-bond donors (Lipinski definition) is 1. The van der Waals surface area contributed by atoms with Crippen molar-refractivity contribution in [1.29, 1.82) is 0 Å². The van der Waals surface area contributed by atoms with Crippen LogP contribution in [0.5, 0.6) is 0 Å². The van der Waals surface area contributed by atoms with E-state index in [1.54, 1.807) is 24.3 Å². The van der Waals surface area contributed by atoms with E-state index in [0.29, 0.717) is 11.6 Å². The molecule has 0 amide bonds. The van der Waals surface area contributed by atoms with Crippen molar-refractivity contribution >= 4 is 27.3 Å². The third-order valence-electron chi connectivity index (χ3n) is 4.68. The van der Waals surface area contributed by atoms with Gasteiger partial charge in [0.05, 0.1) is 4.90 Å². The van der Waals surface area contributed by atoms with Gasteiger partial charge in [0.2, 0.25) is 26.6 Å². The Morgan fingerprint density at radius 1 is 0.933 bits per heavy atom. The average molecular weight is 439 g/mol. The lowest BCUT2D eigenvalue weighted by Gasteiger charge is -2.07. The predicted octanol–water partition coefficient (Wildman–Crippen LogP) is 5.75. The topological polar surface area (TPSA) is 72.2 Å². The molecule has 4 aromatic rings. The summed E-state index contributed by atoms with van der Waals surface area (Å²) in [6.45, 7) is 2.21. The molecule has 7 heteroatoms. The predicted molar refractivity (Wildman–Crippen MR) is 117 cm³/mol. The highest BCUT2D eigenvalue weighted by molar-refractivity contribution is 7.91. The van der Waals surface area contributed by atoms with Crippen molar-refractivity contribution in [2.45, 2.75) is 23.4 Å². The fraction of sp³-hybridized carbons (Fsp3) is 0.0870. The summed E-state index contributed by atoms with van der Waals surface area (Å²) in [5.74, 6) is 0.321. The number of halogens is 1. The molecule has 152 valence electrons. The van der Waals surface area contributed by atoms with Crippen LogP contribution in [0.15, 0.2) is 93.2 Å². The molecule has 1 heterocycles. The van der Waals surface area contributed by atoms with Gasteiger partial charge in [-0.2, -0.15) is 4.98 Å². The molecule has 1 aromatic heterocycles. The molecule has 4 rings (SSSR count). The Morgan fingerprint density at radius 2 is 1.60 bits per heavy atom. The van der Waals surface area contributed by atoms with E-state index >= 15 is 0 Å². The summed E-state index contributed by atoms with van der Waals surface area (Å²) in [7, 11) is -3.88. The largest absolute Gasteiger partial charge is 0.419 e. The van der Waals surface area contributed by atoms with Gasteiger partial charge in [-0.25, -0.2) is 8.42 Å². The quantitative estimate of drug-likeness (QED) is 0.415. The average Bonchev–Trinajstić information content (AvgIpc) is 3.19. The molecule has 0 saturated carbocycles. The molecule has 0 aliphatic carbocycles. The molecule has 30 heavy (non-hydrogen) atoms. The fourth-order valence-corrected chi connectivity index (χ4v) is 4.56. The van der Waals surface area contributed by atoms with Crippen molar-refractivity contribution in [3.05, 3.63) is 95.0 Å². The lowest BCUT2D eigenvalue weighted by atomic mass is 10.1. The lowest BCUT2D eigenvalue weighted by molar-refractivity contribution is 0.576. The second-order valence-corrected chi connectivity index (χ2v) is 9.00. The summed E-state index contributed by atoms with van der Waals surface area (Å²) < 4.78 is 32.5. The van der Waals surface area contributed by atoms with Gasteiger partial charge in [0.15, 0.2) is 0 Å². The fourth-order valence-electron chi connectivity index (χ4n) is 3.06. The smallest absolute Gasteiger partial charge is 0.234 e. The van der Waals surface area contributed by atoms with Crippen molar-refractivity contribution in [1.82, 2.24) is 4.98 Å². The molecule has 1 N–H and O–H groups in total. The van der Waals surface area contributed by atoms with Gasteiger partial charge in [-0.15, -0.1) is 0 Å². The molecular weight excluding hydrogens is 420 g/mol. The minimum atomic E-state index is -3.88. The van der Waals surface area contributed by atoms with Crippen LogP contribution in [0.3, 0.4) is 0 Å². The number of nitrogens with one attached hydrogen (secondary N) is 1. The zero-order valence-electron chi connectivity index (χ0n) is 16.2. The highest BCUT2D eigenvalue weighted by atomic mass is 35.5. The van der Waals surface area contributed by atoms with Gasteiger partial charge in [0.25, 0.3) is 0 Å². The number of aryl methyl sites for hydroxylation is 1. The second kappa shape index (κ2) is 8.34. The minimum Gasteiger partial charge on any atom is -0.419 e. The SMILES string of the molecule is Cc1ccccc1-c1nc(S(=O)(=O)c2ccccc2)c(NCc2ccccc2Cl)o1. The molecule has 5 nitrogen and oxygen atoms in total. The molecule has 0 aliphatic heterocycles. The molecule has 0 spiro atoms. The van der Waals surface area contributed by atoms with E-state index < -0.39 is 9.84 Å². The van der Waals surface area contributed by atoms with Crippen LogP contribution in [0.1, 0.15) is 11.1 Å². The first-order valence-corrected chi connectivity index (χ1v) is 11.2. The molecule has 0 saturated heterocycles. The minimum absolute atomic E-state index is 0.0806. The summed E-state index contributed by atoms with van der Waals surface area (Å²) in [6.07, 6.45) is 0. The summed E-state index contributed by atoms with van der Waals surface area (Å²) in [4.78, 5) is 4.52. The van der Waals surface area contributed by atoms with Gasteiger partial charge in [-0.3, -0.25) is 0 Å². The first kappa shape index (κ1) is 20.2. The number of sulfone groups is 1. The van der Waals surface area contributed by atoms with Crippen LogP contribution in [0.25, 0.3) is 11.5 Å². The van der Waals surface area contributed by atoms with E-state index in [-0.39, 0.29) is 21.7 Å². The number of nitrogens with zero attached hydrogens (tertiary/aromatic N) is 1. The number of anilines is 1. The van der Waals surface area contributed by atoms with E-state index in [0.717, 1.165) is 16.7 Å². The first-order valence-electron chi connectivity index (χ1n) is 9.31. The number of benzene rings is 3. The van der Waals surface area contributed by atoms with Crippen molar-refractivity contribution < 1.29 is 12.8 Å². The standard InChI is InChI=1S/C23H19ClN2O3S/c1-16-9-5-7-13-19(16)21-26-23(30(27,28)18-11-3-2-4-12-18)22(29-21)25-15-17-10-6-8-14-20(17)24/h2-14,25H,15H2,1H3. The number of hydrogen-bond acceptors (Lipinski definition) is 5. The van der Waals surface area contributed by atoms with Crippen LogP contribution in [0, 0.1) is 6.92 Å². The maximum Gasteiger partial charge on any atom is 0.234 e. The van der Waals surface area contributed by atoms with Gasteiger partial charge >= 0.3 is 0 Å². The summed E-state index contributed by atoms with van der Waals surface area (Å²) in [6, 6.07) is 23.0. The van der Waals surface area contributed by atoms with E-state index in [1.165, 1.54) is 12.1 Å². The van der Waals surface area contributed by atoms with E-state index in [4.69, 9.17) is 16.0 Å². The Bertz CT molecular complexity index is 1280. The first-order chi connectivity index (χ1) is 14.5. The van der Waals surface area contributed by atoms with Crippen LogP contribution < -0.4 is 5.32 Å². The zero-order chi connectivity index (χ0) is 21.1. The molecule has 0 radical (unpaired) electrons. The maximum absolute atomic E-state index is 13.3. The van der Waals surface area contributed by atoms with E-state index in [1.807, 2.05) is 49.4 Å². The second-order valence-electron chi connectivity index (χ2n) is 6.73. The number of oxazole rings is 1. The van der Waals surface area contributed by atoms with Crippen LogP contribution in [0.4, 0.5) is 5.88 Å². The Hall–Kier alpha value is -3.09. The van der Waals surface area contributed by atoms with Crippen LogP contribution in [-0.2, 0) is 16.4 Å². The van der Waals surface area contributed by atoms with Gasteiger partial charge < -0.3 is 9.73 Å². The Balaban J connectivity index is 1.79. The van der Waals surface area contributed by atoms with Gasteiger partial charge in [-0.1, -0.05) is 66.2 Å². The summed E-state index contributed by atoms with van der Waals surface area (Å²) in [5.41, 5.74) is 2.48. The van der Waals surface area contributed by atoms with Crippen molar-refractivity contribution in [2.75, 3.05) is 5.32 Å². The molecule has 0 fully saturated rings. The molecule has 0 unspecified atom stereocenters. The van der Waals surface area contributed by atoms with Crippen molar-refractivity contribution in [2.24, 2.45) is 0 Å². The van der Waals surface area contributed by atoms with Crippen molar-refractivity contribution in [3.63, 3.8) is 0 Å². The number of aromatic nitrogens is 1. The highest BCUT2D eigenvalue weighted by Gasteiger charge is 2.28. The monoisotopic (exact) mass is 438 g/mol. The van der Waals surface area contributed by atoms with Crippen molar-refractivity contribution in [3.8, 4) is 11.5 Å². The third kappa shape index (κ3) is 3.97. The Morgan fingerprint density at radius 3 is 2.33 bits per heavy atom. The van der Waals surface area contributed by atoms with Gasteiger partial charge in [0, 0.05) is 17.1 Å². The van der Waals surface area contributed by atoms with Gasteiger partial charge in [0.1, 0.15) is 0 Å². The normalized spacial score (nSPS) is 11.4. The van der Waals surface area contributed by atoms with E-state index in [2.05, 4.69) is 10.3 Å². The van der Waals surface area contributed by atoms with Crippen LogP contribution >= 0.6 is 11.6 Å². The summed E-state index contributed by atoms with van der Waals surface area (Å²) >= 11 is 6.23. The Kier molecular flexibility index (Phi) is 5.61. The molecule has 0 bridgehead atoms. The summed E-state index contributed by atoms with van der Waals surface area (Å²) in [5, 5.41) is 3.49. The third-order valence-corrected chi connectivity index (χ3v) is 6.72. The van der Waals surface area contributed by atoms with E-state index in [9.17, 15) is 8.42 Å². The highest BCUT2D eigenvalue weighted by Crippen LogP contribution is 2.34. The maximum atomic E-state index is 13.3. The number of rotatable bonds is 6. The molecule has 0 aliphatic rings. The van der Waals surface area contributed by atoms with Crippen LogP contribution in [0.2, 0.25) is 5.02 Å². The lowest BCUT2D eigenvalue weighted by Crippen LogP contribution is -2.07. The van der Waals surface area contributed by atoms with Gasteiger partial charge in [-0.05, 0) is 42.3 Å². The molecular formula is C23H19ClN2O3S. The molecule has 3 aromatic carbocycles.